The third kappa shape index (κ3) is 2.56. The van der Waals surface area contributed by atoms with Crippen LogP contribution in [0.1, 0.15) is 13.8 Å². The Balaban J connectivity index is 1.85. The molecule has 120 valence electrons. The summed E-state index contributed by atoms with van der Waals surface area (Å²) < 4.78 is 0. The third-order valence-electron chi connectivity index (χ3n) is 4.31. The van der Waals surface area contributed by atoms with Gasteiger partial charge in [0.15, 0.2) is 0 Å². The first kappa shape index (κ1) is 15.1. The molecule has 0 bridgehead atoms. The van der Waals surface area contributed by atoms with Crippen LogP contribution in [-0.2, 0) is 16.6 Å². The van der Waals surface area contributed by atoms with Crippen molar-refractivity contribution >= 4 is 17.6 Å². The van der Waals surface area contributed by atoms with Gasteiger partial charge in [-0.15, -0.1) is 10.2 Å². The van der Waals surface area contributed by atoms with Gasteiger partial charge in [-0.3, -0.25) is 9.59 Å². The molecule has 2 aromatic rings. The van der Waals surface area contributed by atoms with Crippen LogP contribution in [0.3, 0.4) is 0 Å². The Morgan fingerprint density at radius 2 is 1.96 bits per heavy atom. The summed E-state index contributed by atoms with van der Waals surface area (Å²) in [4.78, 5) is 25.0. The number of carbonyl (C=O) groups excluding carboxylic acids is 1. The number of hydrogen-bond donors (Lipinski definition) is 2. The first-order valence-corrected chi connectivity index (χ1v) is 7.19. The van der Waals surface area contributed by atoms with Gasteiger partial charge in [0.2, 0.25) is 11.7 Å². The number of nitrogens with zero attached hydrogens (tertiary/aromatic N) is 4. The molecule has 0 spiro atoms. The van der Waals surface area contributed by atoms with E-state index in [1.165, 1.54) is 4.80 Å². The predicted molar refractivity (Wildman–Crippen MR) is 81.3 cm³/mol. The second-order valence-electron chi connectivity index (χ2n) is 6.25. The highest BCUT2D eigenvalue weighted by Crippen LogP contribution is 2.58. The fourth-order valence-electron chi connectivity index (χ4n) is 2.98. The summed E-state index contributed by atoms with van der Waals surface area (Å²) in [6.45, 7) is 3.57. The van der Waals surface area contributed by atoms with Gasteiger partial charge in [-0.05, 0) is 22.8 Å². The van der Waals surface area contributed by atoms with E-state index in [1.807, 2.05) is 6.07 Å². The zero-order valence-electron chi connectivity index (χ0n) is 13.0. The molecule has 1 aliphatic carbocycles. The van der Waals surface area contributed by atoms with E-state index in [4.69, 9.17) is 0 Å². The number of benzene rings is 1. The summed E-state index contributed by atoms with van der Waals surface area (Å²) in [6.07, 6.45) is 0. The molecule has 0 aliphatic heterocycles. The second kappa shape index (κ2) is 5.15. The van der Waals surface area contributed by atoms with Crippen LogP contribution in [0.2, 0.25) is 0 Å². The van der Waals surface area contributed by atoms with E-state index >= 15 is 0 Å². The number of aromatic nitrogens is 4. The molecule has 0 unspecified atom stereocenters. The molecular weight excluding hydrogens is 298 g/mol. The number of aliphatic carboxylic acids is 1. The first-order chi connectivity index (χ1) is 10.8. The largest absolute Gasteiger partial charge is 0.481 e. The molecule has 1 aromatic heterocycles. The number of carboxylic acid groups (broad SMARTS) is 1. The Hall–Kier alpha value is -2.77. The molecule has 3 rings (SSSR count). The SMILES string of the molecule is Cn1nnc(-c2ccccc2NC(=O)[C@@H]2[C@@H](C(=O)O)C2(C)C)n1. The zero-order valence-corrected chi connectivity index (χ0v) is 13.0. The van der Waals surface area contributed by atoms with Gasteiger partial charge >= 0.3 is 5.97 Å². The van der Waals surface area contributed by atoms with Gasteiger partial charge < -0.3 is 10.4 Å². The Morgan fingerprint density at radius 1 is 1.26 bits per heavy atom. The molecule has 1 aromatic carbocycles. The minimum Gasteiger partial charge on any atom is -0.481 e. The van der Waals surface area contributed by atoms with Crippen LogP contribution in [0, 0.1) is 17.3 Å². The smallest absolute Gasteiger partial charge is 0.307 e. The molecule has 2 atom stereocenters. The lowest BCUT2D eigenvalue weighted by Gasteiger charge is -2.09. The van der Waals surface area contributed by atoms with Crippen LogP contribution in [0.4, 0.5) is 5.69 Å². The monoisotopic (exact) mass is 315 g/mol. The van der Waals surface area contributed by atoms with Gasteiger partial charge in [-0.2, -0.15) is 4.80 Å². The standard InChI is InChI=1S/C15H17N5O3/c1-15(2)10(11(15)14(22)23)13(21)16-9-7-5-4-6-8(9)12-17-19-20(3)18-12/h4-7,10-11H,1-3H3,(H,16,21)(H,22,23)/t10-,11-/m0/s1. The fraction of sp³-hybridized carbons (Fsp3) is 0.400. The van der Waals surface area contributed by atoms with Crippen LogP contribution in [-0.4, -0.2) is 37.2 Å². The highest BCUT2D eigenvalue weighted by atomic mass is 16.4. The van der Waals surface area contributed by atoms with Crippen molar-refractivity contribution in [2.75, 3.05) is 5.32 Å². The zero-order chi connectivity index (χ0) is 16.8. The van der Waals surface area contributed by atoms with Crippen molar-refractivity contribution in [2.45, 2.75) is 13.8 Å². The Kier molecular flexibility index (Phi) is 3.39. The maximum atomic E-state index is 12.5. The van der Waals surface area contributed by atoms with E-state index in [0.29, 0.717) is 17.1 Å². The Morgan fingerprint density at radius 3 is 2.52 bits per heavy atom. The van der Waals surface area contributed by atoms with Gasteiger partial charge in [0, 0.05) is 5.56 Å². The number of hydrogen-bond acceptors (Lipinski definition) is 5. The topological polar surface area (TPSA) is 110 Å². The van der Waals surface area contributed by atoms with E-state index in [2.05, 4.69) is 20.7 Å². The highest BCUT2D eigenvalue weighted by molar-refractivity contribution is 6.01. The third-order valence-corrected chi connectivity index (χ3v) is 4.31. The van der Waals surface area contributed by atoms with E-state index < -0.39 is 23.2 Å². The van der Waals surface area contributed by atoms with Crippen molar-refractivity contribution in [3.63, 3.8) is 0 Å². The number of amides is 1. The Labute approximate surface area is 132 Å². The van der Waals surface area contributed by atoms with Crippen molar-refractivity contribution in [3.05, 3.63) is 24.3 Å². The lowest BCUT2D eigenvalue weighted by Crippen LogP contribution is -2.18. The molecule has 8 heteroatoms. The maximum Gasteiger partial charge on any atom is 0.307 e. The van der Waals surface area contributed by atoms with Gasteiger partial charge in [-0.1, -0.05) is 26.0 Å². The minimum atomic E-state index is -0.945. The number of carboxylic acids is 1. The average Bonchev–Trinajstić information content (AvgIpc) is 2.83. The molecule has 1 amide bonds. The normalized spacial score (nSPS) is 21.7. The molecule has 0 radical (unpaired) electrons. The predicted octanol–water partition coefficient (Wildman–Crippen LogP) is 1.17. The van der Waals surface area contributed by atoms with Crippen molar-refractivity contribution in [1.29, 1.82) is 0 Å². The summed E-state index contributed by atoms with van der Waals surface area (Å²) in [7, 11) is 1.65. The van der Waals surface area contributed by atoms with Crippen molar-refractivity contribution in [1.82, 2.24) is 20.2 Å². The molecule has 1 saturated carbocycles. The maximum absolute atomic E-state index is 12.5. The molecule has 1 heterocycles. The molecule has 2 N–H and O–H groups in total. The van der Waals surface area contributed by atoms with Crippen LogP contribution >= 0.6 is 0 Å². The minimum absolute atomic E-state index is 0.307. The molecule has 0 saturated heterocycles. The van der Waals surface area contributed by atoms with Gasteiger partial charge in [0.05, 0.1) is 24.6 Å². The quantitative estimate of drug-likeness (QED) is 0.876. The lowest BCUT2D eigenvalue weighted by molar-refractivity contribution is -0.140. The number of aryl methyl sites for hydroxylation is 1. The molecule has 23 heavy (non-hydrogen) atoms. The van der Waals surface area contributed by atoms with E-state index in [-0.39, 0.29) is 5.91 Å². The summed E-state index contributed by atoms with van der Waals surface area (Å²) >= 11 is 0. The summed E-state index contributed by atoms with van der Waals surface area (Å²) in [6, 6.07) is 7.10. The van der Waals surface area contributed by atoms with Crippen LogP contribution in [0.15, 0.2) is 24.3 Å². The highest BCUT2D eigenvalue weighted by Gasteiger charge is 2.65. The Bertz CT molecular complexity index is 783. The van der Waals surface area contributed by atoms with Gasteiger partial charge in [0.25, 0.3) is 0 Å². The number of carbonyl (C=O) groups is 2. The number of para-hydroxylation sites is 1. The van der Waals surface area contributed by atoms with Crippen LogP contribution < -0.4 is 5.32 Å². The molecule has 1 fully saturated rings. The fourth-order valence-corrected chi connectivity index (χ4v) is 2.98. The van der Waals surface area contributed by atoms with Crippen molar-refractivity contribution < 1.29 is 14.7 Å². The number of nitrogens with one attached hydrogen (secondary N) is 1. The number of tetrazole rings is 1. The van der Waals surface area contributed by atoms with E-state index in [9.17, 15) is 14.7 Å². The summed E-state index contributed by atoms with van der Waals surface area (Å²) in [5.41, 5.74) is 0.631. The van der Waals surface area contributed by atoms with Crippen molar-refractivity contribution in [2.24, 2.45) is 24.3 Å². The summed E-state index contributed by atoms with van der Waals surface area (Å²) in [5, 5.41) is 23.9. The van der Waals surface area contributed by atoms with E-state index in [1.54, 1.807) is 39.1 Å². The second-order valence-corrected chi connectivity index (χ2v) is 6.25. The summed E-state index contributed by atoms with van der Waals surface area (Å²) in [5.74, 6) is -2.07. The van der Waals surface area contributed by atoms with Crippen LogP contribution in [0.5, 0.6) is 0 Å². The number of anilines is 1. The molecular formula is C15H17N5O3. The van der Waals surface area contributed by atoms with Gasteiger partial charge in [0.1, 0.15) is 0 Å². The van der Waals surface area contributed by atoms with E-state index in [0.717, 1.165) is 0 Å². The van der Waals surface area contributed by atoms with Gasteiger partial charge in [-0.25, -0.2) is 0 Å². The average molecular weight is 315 g/mol. The first-order valence-electron chi connectivity index (χ1n) is 7.19. The van der Waals surface area contributed by atoms with Crippen molar-refractivity contribution in [3.8, 4) is 11.4 Å². The molecule has 8 nitrogen and oxygen atoms in total. The lowest BCUT2D eigenvalue weighted by atomic mass is 10.1. The van der Waals surface area contributed by atoms with Crippen LogP contribution in [0.25, 0.3) is 11.4 Å². The number of rotatable bonds is 4. The molecule has 1 aliphatic rings.